The van der Waals surface area contributed by atoms with Gasteiger partial charge in [-0.1, -0.05) is 65.1 Å². The molecule has 226 valence electrons. The third-order valence-electron chi connectivity index (χ3n) is 6.91. The van der Waals surface area contributed by atoms with Crippen LogP contribution in [0.1, 0.15) is 24.0 Å². The molecule has 1 aromatic heterocycles. The van der Waals surface area contributed by atoms with Crippen molar-refractivity contribution < 1.29 is 27.2 Å². The standard InChI is InChI=1S/C32H25Cl3N2O6S/c1-20-30(32(39)42-2)27(31(38)37(20)23-10-15-28(34)29(35)16-23)17-24-11-12-25(43-24)19-36(18-21-6-4-3-5-7-21)44(40,41)26-13-8-22(33)9-14-26/h3-17H,18-19H2,1-2H3/b27-17+. The fourth-order valence-corrected chi connectivity index (χ4v) is 6.57. The van der Waals surface area contributed by atoms with Gasteiger partial charge in [0.25, 0.3) is 5.91 Å². The number of carbonyl (C=O) groups excluding carboxylic acids is 2. The molecule has 3 aromatic carbocycles. The van der Waals surface area contributed by atoms with E-state index in [-0.39, 0.29) is 39.9 Å². The molecular formula is C32H25Cl3N2O6S. The van der Waals surface area contributed by atoms with Crippen molar-refractivity contribution in [2.45, 2.75) is 24.9 Å². The number of anilines is 1. The van der Waals surface area contributed by atoms with Crippen LogP contribution in [-0.4, -0.2) is 31.7 Å². The monoisotopic (exact) mass is 670 g/mol. The number of ether oxygens (including phenoxy) is 1. The zero-order valence-corrected chi connectivity index (χ0v) is 26.5. The van der Waals surface area contributed by atoms with E-state index in [1.54, 1.807) is 31.2 Å². The first kappa shape index (κ1) is 31.6. The molecule has 0 unspecified atom stereocenters. The van der Waals surface area contributed by atoms with Gasteiger partial charge >= 0.3 is 5.97 Å². The number of sulfonamides is 1. The topological polar surface area (TPSA) is 97.1 Å². The van der Waals surface area contributed by atoms with E-state index in [1.165, 1.54) is 52.7 Å². The molecule has 0 aliphatic carbocycles. The van der Waals surface area contributed by atoms with Crippen LogP contribution < -0.4 is 4.90 Å². The van der Waals surface area contributed by atoms with E-state index in [4.69, 9.17) is 44.0 Å². The number of methoxy groups -OCH3 is 1. The molecule has 2 heterocycles. The average Bonchev–Trinajstić information content (AvgIpc) is 3.55. The van der Waals surface area contributed by atoms with Crippen molar-refractivity contribution >= 4 is 68.5 Å². The van der Waals surface area contributed by atoms with Crippen molar-refractivity contribution in [1.82, 2.24) is 4.31 Å². The molecule has 0 saturated carbocycles. The summed E-state index contributed by atoms with van der Waals surface area (Å²) in [5.74, 6) is -0.663. The maximum Gasteiger partial charge on any atom is 0.340 e. The number of hydrogen-bond donors (Lipinski definition) is 0. The molecule has 0 fully saturated rings. The lowest BCUT2D eigenvalue weighted by Crippen LogP contribution is -2.30. The molecule has 0 saturated heterocycles. The fourth-order valence-electron chi connectivity index (χ4n) is 4.76. The second-order valence-corrected chi connectivity index (χ2v) is 13.0. The Kier molecular flexibility index (Phi) is 9.34. The van der Waals surface area contributed by atoms with Crippen LogP contribution in [-0.2, 0) is 37.4 Å². The number of nitrogens with zero attached hydrogens (tertiary/aromatic N) is 2. The zero-order valence-electron chi connectivity index (χ0n) is 23.5. The van der Waals surface area contributed by atoms with Crippen molar-refractivity contribution in [3.63, 3.8) is 0 Å². The predicted octanol–water partition coefficient (Wildman–Crippen LogP) is 7.51. The summed E-state index contributed by atoms with van der Waals surface area (Å²) in [4.78, 5) is 27.9. The Hall–Kier alpha value is -3.86. The molecule has 4 aromatic rings. The number of amides is 1. The lowest BCUT2D eigenvalue weighted by molar-refractivity contribution is -0.136. The minimum Gasteiger partial charge on any atom is -0.465 e. The van der Waals surface area contributed by atoms with Gasteiger partial charge in [0.1, 0.15) is 11.5 Å². The van der Waals surface area contributed by atoms with Gasteiger partial charge in [0.05, 0.1) is 45.4 Å². The number of halogens is 3. The molecule has 0 N–H and O–H groups in total. The van der Waals surface area contributed by atoms with Gasteiger partial charge in [-0.05, 0) is 73.2 Å². The maximum absolute atomic E-state index is 13.7. The van der Waals surface area contributed by atoms with Crippen molar-refractivity contribution in [3.05, 3.63) is 134 Å². The maximum atomic E-state index is 13.7. The molecule has 0 atom stereocenters. The van der Waals surface area contributed by atoms with Crippen LogP contribution in [0.15, 0.2) is 111 Å². The van der Waals surface area contributed by atoms with Gasteiger partial charge in [-0.15, -0.1) is 0 Å². The molecule has 44 heavy (non-hydrogen) atoms. The van der Waals surface area contributed by atoms with Crippen molar-refractivity contribution in [3.8, 4) is 0 Å². The first-order valence-electron chi connectivity index (χ1n) is 13.2. The second-order valence-electron chi connectivity index (χ2n) is 9.77. The van der Waals surface area contributed by atoms with E-state index in [0.717, 1.165) is 5.56 Å². The van der Waals surface area contributed by atoms with Crippen LogP contribution in [0, 0.1) is 0 Å². The first-order valence-corrected chi connectivity index (χ1v) is 15.8. The molecule has 1 aliphatic rings. The van der Waals surface area contributed by atoms with Gasteiger partial charge in [-0.25, -0.2) is 13.2 Å². The van der Waals surface area contributed by atoms with E-state index in [9.17, 15) is 18.0 Å². The number of carbonyl (C=O) groups is 2. The summed E-state index contributed by atoms with van der Waals surface area (Å²) in [6.07, 6.45) is 1.42. The highest BCUT2D eigenvalue weighted by Crippen LogP contribution is 2.38. The molecule has 5 rings (SSSR count). The van der Waals surface area contributed by atoms with Crippen LogP contribution >= 0.6 is 34.8 Å². The van der Waals surface area contributed by atoms with Crippen molar-refractivity contribution in [2.24, 2.45) is 0 Å². The number of hydrogen-bond acceptors (Lipinski definition) is 6. The van der Waals surface area contributed by atoms with E-state index >= 15 is 0 Å². The van der Waals surface area contributed by atoms with E-state index in [0.29, 0.717) is 27.2 Å². The van der Waals surface area contributed by atoms with Crippen LogP contribution in [0.5, 0.6) is 0 Å². The van der Waals surface area contributed by atoms with Crippen LogP contribution in [0.25, 0.3) is 6.08 Å². The number of rotatable bonds is 9. The Morgan fingerprint density at radius 3 is 2.30 bits per heavy atom. The minimum atomic E-state index is -3.96. The Balaban J connectivity index is 1.48. The highest BCUT2D eigenvalue weighted by molar-refractivity contribution is 7.89. The summed E-state index contributed by atoms with van der Waals surface area (Å²) in [7, 11) is -2.74. The Labute approximate surface area is 269 Å². The van der Waals surface area contributed by atoms with E-state index in [1.807, 2.05) is 30.3 Å². The molecule has 0 radical (unpaired) electrons. The summed E-state index contributed by atoms with van der Waals surface area (Å²) in [5.41, 5.74) is 1.62. The van der Waals surface area contributed by atoms with Crippen LogP contribution in [0.2, 0.25) is 15.1 Å². The van der Waals surface area contributed by atoms with Crippen molar-refractivity contribution in [1.29, 1.82) is 0 Å². The van der Waals surface area contributed by atoms with Crippen LogP contribution in [0.3, 0.4) is 0 Å². The number of esters is 1. The van der Waals surface area contributed by atoms with E-state index in [2.05, 4.69) is 0 Å². The normalized spacial score (nSPS) is 14.6. The summed E-state index contributed by atoms with van der Waals surface area (Å²) >= 11 is 18.2. The Morgan fingerprint density at radius 2 is 1.64 bits per heavy atom. The molecule has 0 bridgehead atoms. The first-order chi connectivity index (χ1) is 21.0. The fraction of sp³-hybridized carbons (Fsp3) is 0.125. The zero-order chi connectivity index (χ0) is 31.6. The summed E-state index contributed by atoms with van der Waals surface area (Å²) in [5, 5.41) is 0.971. The van der Waals surface area contributed by atoms with Gasteiger partial charge in [0.15, 0.2) is 0 Å². The number of benzene rings is 3. The van der Waals surface area contributed by atoms with Gasteiger partial charge < -0.3 is 9.15 Å². The summed E-state index contributed by atoms with van der Waals surface area (Å²) in [6, 6.07) is 23.0. The molecule has 8 nitrogen and oxygen atoms in total. The molecule has 12 heteroatoms. The minimum absolute atomic E-state index is 0.0382. The van der Waals surface area contributed by atoms with Crippen LogP contribution in [0.4, 0.5) is 5.69 Å². The molecular weight excluding hydrogens is 647 g/mol. The van der Waals surface area contributed by atoms with Crippen molar-refractivity contribution in [2.75, 3.05) is 12.0 Å². The van der Waals surface area contributed by atoms with Gasteiger partial charge in [-0.2, -0.15) is 4.31 Å². The smallest absolute Gasteiger partial charge is 0.340 e. The Morgan fingerprint density at radius 1 is 0.932 bits per heavy atom. The number of furan rings is 1. The Bertz CT molecular complexity index is 1900. The molecule has 0 spiro atoms. The highest BCUT2D eigenvalue weighted by atomic mass is 35.5. The highest BCUT2D eigenvalue weighted by Gasteiger charge is 2.38. The summed E-state index contributed by atoms with van der Waals surface area (Å²) in [6.45, 7) is 1.59. The quantitative estimate of drug-likeness (QED) is 0.135. The summed E-state index contributed by atoms with van der Waals surface area (Å²) < 4.78 is 39.6. The third kappa shape index (κ3) is 6.47. The van der Waals surface area contributed by atoms with Gasteiger partial charge in [-0.3, -0.25) is 9.69 Å². The van der Waals surface area contributed by atoms with Gasteiger partial charge in [0, 0.05) is 17.3 Å². The molecule has 1 amide bonds. The average molecular weight is 672 g/mol. The lowest BCUT2D eigenvalue weighted by atomic mass is 10.1. The SMILES string of the molecule is COC(=O)C1=C(C)N(c2ccc(Cl)c(Cl)c2)C(=O)/C1=C/c1ccc(CN(Cc2ccccc2)S(=O)(=O)c2ccc(Cl)cc2)o1. The van der Waals surface area contributed by atoms with Gasteiger partial charge in [0.2, 0.25) is 10.0 Å². The number of allylic oxidation sites excluding steroid dienone is 1. The third-order valence-corrected chi connectivity index (χ3v) is 9.70. The van der Waals surface area contributed by atoms with E-state index < -0.39 is 21.9 Å². The largest absolute Gasteiger partial charge is 0.465 e. The predicted molar refractivity (Wildman–Crippen MR) is 170 cm³/mol. The lowest BCUT2D eigenvalue weighted by Gasteiger charge is -2.21. The molecule has 1 aliphatic heterocycles. The second kappa shape index (κ2) is 13.0.